The summed E-state index contributed by atoms with van der Waals surface area (Å²) in [6.45, 7) is 0. The van der Waals surface area contributed by atoms with Crippen molar-refractivity contribution in [3.63, 3.8) is 0 Å². The second-order valence-electron chi connectivity index (χ2n) is 11.0. The van der Waals surface area contributed by atoms with Crippen LogP contribution in [0.2, 0.25) is 0 Å². The number of nitrogens with zero attached hydrogens (tertiary/aromatic N) is 3. The Hall–Kier alpha value is -5.19. The Balaban J connectivity index is 1.28. The molecular formula is C38H23N3S. The van der Waals surface area contributed by atoms with Crippen molar-refractivity contribution >= 4 is 66.4 Å². The Labute approximate surface area is 245 Å². The Kier molecular flexibility index (Phi) is 4.38. The minimum Gasteiger partial charge on any atom is -0.309 e. The molecular weight excluding hydrogens is 531 g/mol. The van der Waals surface area contributed by atoms with Crippen molar-refractivity contribution < 1.29 is 0 Å². The molecule has 0 aliphatic carbocycles. The first-order valence-electron chi connectivity index (χ1n) is 14.3. The van der Waals surface area contributed by atoms with Crippen molar-refractivity contribution in [2.24, 2.45) is 0 Å². The Bertz CT molecular complexity index is 2490. The average Bonchev–Trinajstić information content (AvgIpc) is 3.68. The van der Waals surface area contributed by atoms with Gasteiger partial charge in [-0.25, -0.2) is 0 Å². The summed E-state index contributed by atoms with van der Waals surface area (Å²) in [6, 6.07) is 50.8. The first kappa shape index (κ1) is 22.5. The number of para-hydroxylation sites is 5. The first-order chi connectivity index (χ1) is 20.9. The molecule has 10 rings (SSSR count). The lowest BCUT2D eigenvalue weighted by Crippen LogP contribution is -2.05. The molecule has 0 fully saturated rings. The van der Waals surface area contributed by atoms with Gasteiger partial charge in [-0.3, -0.25) is 9.13 Å². The van der Waals surface area contributed by atoms with Gasteiger partial charge < -0.3 is 4.57 Å². The van der Waals surface area contributed by atoms with E-state index in [1.54, 1.807) is 0 Å². The maximum atomic E-state index is 2.49. The third-order valence-electron chi connectivity index (χ3n) is 8.83. The number of benzene rings is 6. The third kappa shape index (κ3) is 2.82. The Morgan fingerprint density at radius 2 is 0.905 bits per heavy atom. The standard InChI is InChI=1S/C38H23N3S/c1-4-14-30-26(10-1)27-11-2-5-15-31(27)39(30)24-20-22-25(23-21-24)40-32-16-6-3-12-28(32)36-29-13-9-19-35-37(29)41(38(36)40)33-17-7-8-18-34(33)42-35/h1-23H. The van der Waals surface area contributed by atoms with Crippen LogP contribution in [-0.2, 0) is 0 Å². The highest BCUT2D eigenvalue weighted by Gasteiger charge is 2.27. The molecule has 9 aromatic rings. The van der Waals surface area contributed by atoms with Crippen LogP contribution in [0.3, 0.4) is 0 Å². The van der Waals surface area contributed by atoms with Gasteiger partial charge in [-0.05, 0) is 60.7 Å². The largest absolute Gasteiger partial charge is 0.309 e. The second kappa shape index (κ2) is 8.19. The quantitative estimate of drug-likeness (QED) is 0.208. The highest BCUT2D eigenvalue weighted by Crippen LogP contribution is 2.49. The van der Waals surface area contributed by atoms with Gasteiger partial charge in [0.2, 0.25) is 0 Å². The minimum atomic E-state index is 1.15. The summed E-state index contributed by atoms with van der Waals surface area (Å²) in [7, 11) is 0. The van der Waals surface area contributed by atoms with Crippen LogP contribution in [0, 0.1) is 0 Å². The predicted octanol–water partition coefficient (Wildman–Crippen LogP) is 10.3. The van der Waals surface area contributed by atoms with Crippen LogP contribution in [-0.4, -0.2) is 13.7 Å². The second-order valence-corrected chi connectivity index (χ2v) is 12.1. The lowest BCUT2D eigenvalue weighted by molar-refractivity contribution is 1.02. The molecule has 0 saturated heterocycles. The summed E-state index contributed by atoms with van der Waals surface area (Å²) >= 11 is 1.87. The highest BCUT2D eigenvalue weighted by molar-refractivity contribution is 7.99. The average molecular weight is 554 g/mol. The molecule has 42 heavy (non-hydrogen) atoms. The van der Waals surface area contributed by atoms with Crippen molar-refractivity contribution in [3.05, 3.63) is 140 Å². The van der Waals surface area contributed by atoms with Crippen molar-refractivity contribution in [2.75, 3.05) is 0 Å². The molecule has 1 aliphatic heterocycles. The zero-order chi connectivity index (χ0) is 27.4. The van der Waals surface area contributed by atoms with Crippen LogP contribution in [0.15, 0.2) is 149 Å². The number of fused-ring (bicyclic) bond motifs is 10. The fraction of sp³-hybridized carbons (Fsp3) is 0. The lowest BCUT2D eigenvalue weighted by atomic mass is 10.1. The molecule has 4 heteroatoms. The third-order valence-corrected chi connectivity index (χ3v) is 9.94. The summed E-state index contributed by atoms with van der Waals surface area (Å²) in [5.74, 6) is 0. The topological polar surface area (TPSA) is 14.8 Å². The molecule has 0 amide bonds. The SMILES string of the molecule is c1ccc2c(c1)Sc1cccc3c4c5ccccc5n(-c5ccc(-n6c7ccccc7c7ccccc76)cc5)c4n-2c13. The number of hydrogen-bond acceptors (Lipinski definition) is 1. The van der Waals surface area contributed by atoms with Crippen LogP contribution >= 0.6 is 11.8 Å². The maximum absolute atomic E-state index is 2.49. The van der Waals surface area contributed by atoms with Gasteiger partial charge >= 0.3 is 0 Å². The molecule has 0 unspecified atom stereocenters. The van der Waals surface area contributed by atoms with Gasteiger partial charge in [0.15, 0.2) is 0 Å². The molecule has 0 N–H and O–H groups in total. The summed E-state index contributed by atoms with van der Waals surface area (Å²) in [6.07, 6.45) is 0. The minimum absolute atomic E-state index is 1.15. The van der Waals surface area contributed by atoms with Crippen molar-refractivity contribution in [1.82, 2.24) is 13.7 Å². The normalized spacial score (nSPS) is 12.7. The monoisotopic (exact) mass is 553 g/mol. The van der Waals surface area contributed by atoms with Crippen LogP contribution in [0.4, 0.5) is 0 Å². The Morgan fingerprint density at radius 1 is 0.381 bits per heavy atom. The van der Waals surface area contributed by atoms with E-state index >= 15 is 0 Å². The fourth-order valence-electron chi connectivity index (χ4n) is 7.14. The molecule has 1 aliphatic rings. The summed E-state index contributed by atoms with van der Waals surface area (Å²) in [5, 5.41) is 6.46. The zero-order valence-corrected chi connectivity index (χ0v) is 23.3. The van der Waals surface area contributed by atoms with Gasteiger partial charge in [0.1, 0.15) is 5.65 Å². The van der Waals surface area contributed by atoms with Crippen LogP contribution in [0.5, 0.6) is 0 Å². The van der Waals surface area contributed by atoms with Crippen molar-refractivity contribution in [2.45, 2.75) is 9.79 Å². The number of hydrogen-bond donors (Lipinski definition) is 0. The molecule has 196 valence electrons. The smallest absolute Gasteiger partial charge is 0.131 e. The van der Waals surface area contributed by atoms with Gasteiger partial charge in [0, 0.05) is 48.1 Å². The summed E-state index contributed by atoms with van der Waals surface area (Å²) in [5.41, 5.74) is 9.75. The highest BCUT2D eigenvalue weighted by atomic mass is 32.2. The summed E-state index contributed by atoms with van der Waals surface area (Å²) in [4.78, 5) is 2.59. The van der Waals surface area contributed by atoms with E-state index in [1.165, 1.54) is 70.1 Å². The molecule has 0 saturated carbocycles. The van der Waals surface area contributed by atoms with E-state index in [1.807, 2.05) is 11.8 Å². The first-order valence-corrected chi connectivity index (χ1v) is 15.1. The molecule has 0 bridgehead atoms. The van der Waals surface area contributed by atoms with E-state index in [-0.39, 0.29) is 0 Å². The molecule has 3 nitrogen and oxygen atoms in total. The zero-order valence-electron chi connectivity index (χ0n) is 22.5. The van der Waals surface area contributed by atoms with Crippen molar-refractivity contribution in [1.29, 1.82) is 0 Å². The van der Waals surface area contributed by atoms with Crippen LogP contribution in [0.25, 0.3) is 71.7 Å². The van der Waals surface area contributed by atoms with Crippen LogP contribution in [0.1, 0.15) is 0 Å². The van der Waals surface area contributed by atoms with Gasteiger partial charge in [0.25, 0.3) is 0 Å². The number of aromatic nitrogens is 3. The van der Waals surface area contributed by atoms with Crippen LogP contribution < -0.4 is 0 Å². The van der Waals surface area contributed by atoms with E-state index in [9.17, 15) is 0 Å². The molecule has 0 spiro atoms. The maximum Gasteiger partial charge on any atom is 0.131 e. The fourth-order valence-corrected chi connectivity index (χ4v) is 8.23. The molecule has 6 aromatic carbocycles. The molecule has 4 heterocycles. The lowest BCUT2D eigenvalue weighted by Gasteiger charge is -2.21. The van der Waals surface area contributed by atoms with Gasteiger partial charge in [-0.15, -0.1) is 0 Å². The molecule has 0 radical (unpaired) electrons. The van der Waals surface area contributed by atoms with Gasteiger partial charge in [-0.1, -0.05) is 90.6 Å². The van der Waals surface area contributed by atoms with E-state index in [0.29, 0.717) is 0 Å². The van der Waals surface area contributed by atoms with Crippen molar-refractivity contribution in [3.8, 4) is 17.1 Å². The predicted molar refractivity (Wildman–Crippen MR) is 176 cm³/mol. The van der Waals surface area contributed by atoms with E-state index in [0.717, 1.165) is 11.4 Å². The van der Waals surface area contributed by atoms with E-state index in [2.05, 4.69) is 153 Å². The van der Waals surface area contributed by atoms with Gasteiger partial charge in [0.05, 0.1) is 27.8 Å². The van der Waals surface area contributed by atoms with Gasteiger partial charge in [-0.2, -0.15) is 0 Å². The van der Waals surface area contributed by atoms with E-state index in [4.69, 9.17) is 0 Å². The summed E-state index contributed by atoms with van der Waals surface area (Å²) < 4.78 is 7.33. The molecule has 0 atom stereocenters. The number of rotatable bonds is 2. The van der Waals surface area contributed by atoms with E-state index < -0.39 is 0 Å². The Morgan fingerprint density at radius 3 is 1.62 bits per heavy atom. The molecule has 3 aromatic heterocycles.